The molecule has 0 aliphatic carbocycles. The van der Waals surface area contributed by atoms with E-state index in [0.29, 0.717) is 0 Å². The number of nitrogens with one attached hydrogen (secondary N) is 1. The minimum Gasteiger partial charge on any atom is -0.508 e. The van der Waals surface area contributed by atoms with Gasteiger partial charge in [0.2, 0.25) is 0 Å². The zero-order valence-electron chi connectivity index (χ0n) is 11.7. The van der Waals surface area contributed by atoms with Crippen molar-refractivity contribution in [3.8, 4) is 17.2 Å². The molecule has 0 heterocycles. The molecule has 0 aromatic heterocycles. The van der Waals surface area contributed by atoms with Gasteiger partial charge in [0, 0.05) is 6.54 Å². The molecule has 0 radical (unpaired) electrons. The summed E-state index contributed by atoms with van der Waals surface area (Å²) in [5.74, 6) is 0.0587. The van der Waals surface area contributed by atoms with Gasteiger partial charge in [-0.3, -0.25) is 0 Å². The van der Waals surface area contributed by atoms with E-state index in [1.54, 1.807) is 18.2 Å². The lowest BCUT2D eigenvalue weighted by Gasteiger charge is -2.03. The Morgan fingerprint density at radius 1 is 0.905 bits per heavy atom. The molecule has 2 aromatic carbocycles. The van der Waals surface area contributed by atoms with Crippen molar-refractivity contribution in [2.45, 2.75) is 6.42 Å². The van der Waals surface area contributed by atoms with E-state index < -0.39 is 0 Å². The van der Waals surface area contributed by atoms with Crippen molar-refractivity contribution in [1.29, 1.82) is 0 Å². The lowest BCUT2D eigenvalue weighted by atomic mass is 10.1. The maximum Gasteiger partial charge on any atom is 0.157 e. The van der Waals surface area contributed by atoms with Crippen LogP contribution in [0.15, 0.2) is 48.5 Å². The Balaban J connectivity index is 1.70. The monoisotopic (exact) mass is 285 g/mol. The summed E-state index contributed by atoms with van der Waals surface area (Å²) in [6.45, 7) is 1.57. The van der Waals surface area contributed by atoms with E-state index in [0.717, 1.165) is 25.1 Å². The Kier molecular flexibility index (Phi) is 5.23. The van der Waals surface area contributed by atoms with E-state index in [2.05, 4.69) is 5.32 Å². The van der Waals surface area contributed by atoms with Gasteiger partial charge in [-0.2, -0.15) is 0 Å². The summed E-state index contributed by atoms with van der Waals surface area (Å²) in [6.07, 6.45) is 4.74. The molecule has 21 heavy (non-hydrogen) atoms. The van der Waals surface area contributed by atoms with Crippen LogP contribution in [0.2, 0.25) is 0 Å². The van der Waals surface area contributed by atoms with Gasteiger partial charge in [0.1, 0.15) is 5.75 Å². The first-order valence-electron chi connectivity index (χ1n) is 6.82. The van der Waals surface area contributed by atoms with Crippen molar-refractivity contribution in [2.75, 3.05) is 13.1 Å². The summed E-state index contributed by atoms with van der Waals surface area (Å²) in [4.78, 5) is 0. The first-order chi connectivity index (χ1) is 10.1. The molecule has 0 aliphatic heterocycles. The van der Waals surface area contributed by atoms with Crippen LogP contribution in [-0.4, -0.2) is 28.4 Å². The summed E-state index contributed by atoms with van der Waals surface area (Å²) in [5, 5.41) is 31.0. The third kappa shape index (κ3) is 4.85. The molecule has 0 saturated carbocycles. The molecular formula is C17H19NO3. The van der Waals surface area contributed by atoms with E-state index in [1.165, 1.54) is 17.7 Å². The number of benzene rings is 2. The van der Waals surface area contributed by atoms with Crippen molar-refractivity contribution in [3.05, 3.63) is 59.7 Å². The number of aromatic hydroxyl groups is 3. The average molecular weight is 285 g/mol. The van der Waals surface area contributed by atoms with Crippen LogP contribution in [0, 0.1) is 0 Å². The van der Waals surface area contributed by atoms with Gasteiger partial charge in [-0.05, 0) is 48.4 Å². The van der Waals surface area contributed by atoms with Crippen LogP contribution in [-0.2, 0) is 6.42 Å². The predicted octanol–water partition coefficient (Wildman–Crippen LogP) is 2.65. The molecule has 0 unspecified atom stereocenters. The second-order valence-electron chi connectivity index (χ2n) is 4.77. The maximum absolute atomic E-state index is 9.37. The summed E-state index contributed by atoms with van der Waals surface area (Å²) in [7, 11) is 0. The molecule has 110 valence electrons. The number of hydrogen-bond donors (Lipinski definition) is 4. The van der Waals surface area contributed by atoms with Crippen molar-refractivity contribution in [2.24, 2.45) is 0 Å². The van der Waals surface area contributed by atoms with E-state index in [4.69, 9.17) is 0 Å². The van der Waals surface area contributed by atoms with Gasteiger partial charge in [-0.15, -0.1) is 0 Å². The van der Waals surface area contributed by atoms with Crippen molar-refractivity contribution < 1.29 is 15.3 Å². The predicted molar refractivity (Wildman–Crippen MR) is 83.5 cm³/mol. The molecule has 0 amide bonds. The summed E-state index contributed by atoms with van der Waals surface area (Å²) >= 11 is 0. The summed E-state index contributed by atoms with van der Waals surface area (Å²) in [6, 6.07) is 11.9. The largest absolute Gasteiger partial charge is 0.508 e. The van der Waals surface area contributed by atoms with E-state index in [9.17, 15) is 15.3 Å². The molecule has 0 saturated heterocycles. The van der Waals surface area contributed by atoms with Gasteiger partial charge >= 0.3 is 0 Å². The molecule has 4 N–H and O–H groups in total. The smallest absolute Gasteiger partial charge is 0.157 e. The Morgan fingerprint density at radius 2 is 1.67 bits per heavy atom. The lowest BCUT2D eigenvalue weighted by Crippen LogP contribution is -2.16. The zero-order valence-corrected chi connectivity index (χ0v) is 11.7. The molecule has 0 atom stereocenters. The van der Waals surface area contributed by atoms with Gasteiger partial charge in [-0.1, -0.05) is 30.4 Å². The van der Waals surface area contributed by atoms with Crippen LogP contribution in [0.25, 0.3) is 6.08 Å². The van der Waals surface area contributed by atoms with Crippen LogP contribution < -0.4 is 5.32 Å². The van der Waals surface area contributed by atoms with Crippen LogP contribution >= 0.6 is 0 Å². The number of phenolic OH excluding ortho intramolecular Hbond substituents is 3. The number of phenols is 3. The quantitative estimate of drug-likeness (QED) is 0.486. The SMILES string of the molecule is Oc1ccc(CCNC/C=C/c2ccc(O)c(O)c2)cc1. The molecule has 0 bridgehead atoms. The zero-order chi connectivity index (χ0) is 15.1. The van der Waals surface area contributed by atoms with E-state index in [1.807, 2.05) is 24.3 Å². The second kappa shape index (κ2) is 7.36. The first kappa shape index (κ1) is 14.9. The molecular weight excluding hydrogens is 266 g/mol. The highest BCUT2D eigenvalue weighted by Crippen LogP contribution is 2.25. The Labute approximate surface area is 124 Å². The Morgan fingerprint density at radius 3 is 2.38 bits per heavy atom. The highest BCUT2D eigenvalue weighted by Gasteiger charge is 1.97. The minimum atomic E-state index is -0.113. The molecule has 4 heteroatoms. The number of rotatable bonds is 6. The molecule has 0 spiro atoms. The van der Waals surface area contributed by atoms with Crippen molar-refractivity contribution >= 4 is 6.08 Å². The summed E-state index contributed by atoms with van der Waals surface area (Å²) < 4.78 is 0. The van der Waals surface area contributed by atoms with Crippen LogP contribution in [0.1, 0.15) is 11.1 Å². The molecule has 2 aromatic rings. The third-order valence-corrected chi connectivity index (χ3v) is 3.10. The molecule has 2 rings (SSSR count). The molecule has 0 aliphatic rings. The fourth-order valence-corrected chi connectivity index (χ4v) is 1.92. The first-order valence-corrected chi connectivity index (χ1v) is 6.82. The van der Waals surface area contributed by atoms with E-state index >= 15 is 0 Å². The second-order valence-corrected chi connectivity index (χ2v) is 4.77. The molecule has 0 fully saturated rings. The molecule has 4 nitrogen and oxygen atoms in total. The standard InChI is InChI=1S/C17H19NO3/c19-15-6-3-13(4-7-15)9-11-18-10-1-2-14-5-8-16(20)17(21)12-14/h1-8,12,18-21H,9-11H2/b2-1+. The van der Waals surface area contributed by atoms with Crippen molar-refractivity contribution in [1.82, 2.24) is 5.32 Å². The van der Waals surface area contributed by atoms with Crippen LogP contribution in [0.3, 0.4) is 0 Å². The van der Waals surface area contributed by atoms with Crippen LogP contribution in [0.4, 0.5) is 0 Å². The minimum absolute atomic E-state index is 0.112. The topological polar surface area (TPSA) is 72.7 Å². The highest BCUT2D eigenvalue weighted by molar-refractivity contribution is 5.55. The lowest BCUT2D eigenvalue weighted by molar-refractivity contribution is 0.403. The third-order valence-electron chi connectivity index (χ3n) is 3.10. The fourth-order valence-electron chi connectivity index (χ4n) is 1.92. The normalized spacial score (nSPS) is 11.0. The van der Waals surface area contributed by atoms with Gasteiger partial charge in [0.15, 0.2) is 11.5 Å². The summed E-state index contributed by atoms with van der Waals surface area (Å²) in [5.41, 5.74) is 2.01. The Hall–Kier alpha value is -2.46. The van der Waals surface area contributed by atoms with Gasteiger partial charge < -0.3 is 20.6 Å². The van der Waals surface area contributed by atoms with Crippen LogP contribution in [0.5, 0.6) is 17.2 Å². The van der Waals surface area contributed by atoms with Crippen molar-refractivity contribution in [3.63, 3.8) is 0 Å². The van der Waals surface area contributed by atoms with Gasteiger partial charge in [0.25, 0.3) is 0 Å². The maximum atomic E-state index is 9.37. The van der Waals surface area contributed by atoms with Gasteiger partial charge in [-0.25, -0.2) is 0 Å². The highest BCUT2D eigenvalue weighted by atomic mass is 16.3. The van der Waals surface area contributed by atoms with E-state index in [-0.39, 0.29) is 17.2 Å². The number of hydrogen-bond acceptors (Lipinski definition) is 4. The van der Waals surface area contributed by atoms with Gasteiger partial charge in [0.05, 0.1) is 0 Å². The average Bonchev–Trinajstić information content (AvgIpc) is 2.48. The fraction of sp³-hybridized carbons (Fsp3) is 0.176. The Bertz CT molecular complexity index is 606.